The maximum absolute atomic E-state index is 12.6. The Kier molecular flexibility index (Phi) is 4.17. The highest BCUT2D eigenvalue weighted by molar-refractivity contribution is 7.18. The molecule has 1 saturated carbocycles. The molecule has 0 saturated heterocycles. The van der Waals surface area contributed by atoms with Gasteiger partial charge in [-0.1, -0.05) is 12.1 Å². The van der Waals surface area contributed by atoms with Crippen molar-refractivity contribution < 1.29 is 13.2 Å². The maximum Gasteiger partial charge on any atom is 0.391 e. The molecular formula is C15H17F3N2S. The molecule has 0 bridgehead atoms. The lowest BCUT2D eigenvalue weighted by Gasteiger charge is -2.30. The van der Waals surface area contributed by atoms with Gasteiger partial charge < -0.3 is 5.32 Å². The topological polar surface area (TPSA) is 24.9 Å². The Morgan fingerprint density at radius 1 is 1.14 bits per heavy atom. The number of aromatic nitrogens is 1. The van der Waals surface area contributed by atoms with E-state index in [2.05, 4.69) is 10.3 Å². The van der Waals surface area contributed by atoms with Crippen molar-refractivity contribution in [2.24, 2.45) is 5.92 Å². The van der Waals surface area contributed by atoms with Crippen LogP contribution in [-0.4, -0.2) is 17.2 Å². The third-order valence-corrected chi connectivity index (χ3v) is 5.11. The lowest BCUT2D eigenvalue weighted by molar-refractivity contribution is -0.182. The molecule has 1 fully saturated rings. The number of hydrogen-bond acceptors (Lipinski definition) is 3. The molecule has 0 atom stereocenters. The lowest BCUT2D eigenvalue weighted by atomic mass is 9.85. The Labute approximate surface area is 125 Å². The van der Waals surface area contributed by atoms with Gasteiger partial charge >= 0.3 is 6.18 Å². The third kappa shape index (κ3) is 3.55. The van der Waals surface area contributed by atoms with E-state index in [9.17, 15) is 13.2 Å². The first-order chi connectivity index (χ1) is 10.0. The van der Waals surface area contributed by atoms with Gasteiger partial charge in [0.25, 0.3) is 0 Å². The van der Waals surface area contributed by atoms with Crippen molar-refractivity contribution in [3.8, 4) is 0 Å². The molecular weight excluding hydrogens is 297 g/mol. The van der Waals surface area contributed by atoms with Crippen LogP contribution in [0.1, 0.15) is 30.7 Å². The van der Waals surface area contributed by atoms with Crippen LogP contribution in [0.2, 0.25) is 0 Å². The maximum atomic E-state index is 12.6. The smallest absolute Gasteiger partial charge is 0.308 e. The van der Waals surface area contributed by atoms with Crippen molar-refractivity contribution in [2.45, 2.75) is 44.4 Å². The van der Waals surface area contributed by atoms with Gasteiger partial charge in [0.1, 0.15) is 5.01 Å². The standard InChI is InChI=1S/C15H17F3N2S/c16-15(17,18)10-5-7-11(8-6-10)19-9-14-20-12-3-1-2-4-13(12)21-14/h1-4,10-11,19H,5-9H2. The molecule has 1 aromatic carbocycles. The molecule has 0 aliphatic heterocycles. The summed E-state index contributed by atoms with van der Waals surface area (Å²) in [5.41, 5.74) is 0.986. The van der Waals surface area contributed by atoms with Crippen LogP contribution in [0.3, 0.4) is 0 Å². The molecule has 114 valence electrons. The van der Waals surface area contributed by atoms with Crippen molar-refractivity contribution in [2.75, 3.05) is 0 Å². The Hall–Kier alpha value is -1.14. The summed E-state index contributed by atoms with van der Waals surface area (Å²) >= 11 is 1.64. The predicted molar refractivity (Wildman–Crippen MR) is 78.3 cm³/mol. The van der Waals surface area contributed by atoms with Crippen molar-refractivity contribution in [1.29, 1.82) is 0 Å². The second-order valence-corrected chi connectivity index (χ2v) is 6.66. The zero-order valence-electron chi connectivity index (χ0n) is 11.5. The number of hydrogen-bond donors (Lipinski definition) is 1. The van der Waals surface area contributed by atoms with E-state index in [1.807, 2.05) is 24.3 Å². The molecule has 2 aromatic rings. The molecule has 6 heteroatoms. The van der Waals surface area contributed by atoms with E-state index in [-0.39, 0.29) is 18.9 Å². The zero-order valence-corrected chi connectivity index (χ0v) is 12.3. The van der Waals surface area contributed by atoms with Gasteiger partial charge in [-0.05, 0) is 37.8 Å². The van der Waals surface area contributed by atoms with Crippen molar-refractivity contribution in [1.82, 2.24) is 10.3 Å². The van der Waals surface area contributed by atoms with Crippen LogP contribution in [0.15, 0.2) is 24.3 Å². The van der Waals surface area contributed by atoms with Crippen molar-refractivity contribution in [3.63, 3.8) is 0 Å². The van der Waals surface area contributed by atoms with Gasteiger partial charge in [-0.3, -0.25) is 0 Å². The van der Waals surface area contributed by atoms with Crippen LogP contribution in [0.25, 0.3) is 10.2 Å². The molecule has 21 heavy (non-hydrogen) atoms. The van der Waals surface area contributed by atoms with E-state index in [0.717, 1.165) is 15.2 Å². The Morgan fingerprint density at radius 3 is 2.52 bits per heavy atom. The first-order valence-electron chi connectivity index (χ1n) is 7.17. The number of nitrogens with one attached hydrogen (secondary N) is 1. The molecule has 0 amide bonds. The van der Waals surface area contributed by atoms with Crippen LogP contribution in [0.4, 0.5) is 13.2 Å². The van der Waals surface area contributed by atoms with E-state index >= 15 is 0 Å². The summed E-state index contributed by atoms with van der Waals surface area (Å²) in [6.45, 7) is 0.640. The van der Waals surface area contributed by atoms with E-state index < -0.39 is 12.1 Å². The Morgan fingerprint density at radius 2 is 1.86 bits per heavy atom. The molecule has 1 aromatic heterocycles. The van der Waals surface area contributed by atoms with Gasteiger partial charge in [-0.15, -0.1) is 11.3 Å². The van der Waals surface area contributed by atoms with Gasteiger partial charge in [0.15, 0.2) is 0 Å². The third-order valence-electron chi connectivity index (χ3n) is 4.07. The molecule has 1 N–H and O–H groups in total. The SMILES string of the molecule is FC(F)(F)C1CCC(NCc2nc3ccccc3s2)CC1. The van der Waals surface area contributed by atoms with Gasteiger partial charge in [0, 0.05) is 12.6 Å². The average Bonchev–Trinajstić information content (AvgIpc) is 2.87. The normalized spacial score (nSPS) is 23.6. The number of nitrogens with zero attached hydrogens (tertiary/aromatic N) is 1. The van der Waals surface area contributed by atoms with E-state index in [1.54, 1.807) is 11.3 Å². The van der Waals surface area contributed by atoms with E-state index in [4.69, 9.17) is 0 Å². The van der Waals surface area contributed by atoms with Gasteiger partial charge in [-0.25, -0.2) is 4.98 Å². The predicted octanol–water partition coefficient (Wildman–Crippen LogP) is 4.51. The largest absolute Gasteiger partial charge is 0.391 e. The molecule has 2 nitrogen and oxygen atoms in total. The fourth-order valence-electron chi connectivity index (χ4n) is 2.85. The summed E-state index contributed by atoms with van der Waals surface area (Å²) in [5, 5.41) is 4.35. The van der Waals surface area contributed by atoms with Crippen molar-refractivity contribution in [3.05, 3.63) is 29.3 Å². The quantitative estimate of drug-likeness (QED) is 0.902. The number of fused-ring (bicyclic) bond motifs is 1. The summed E-state index contributed by atoms with van der Waals surface area (Å²) in [7, 11) is 0. The monoisotopic (exact) mass is 314 g/mol. The number of rotatable bonds is 3. The molecule has 0 radical (unpaired) electrons. The molecule has 1 aliphatic rings. The summed E-state index contributed by atoms with van der Waals surface area (Å²) in [4.78, 5) is 4.53. The average molecular weight is 314 g/mol. The van der Waals surface area contributed by atoms with Crippen molar-refractivity contribution >= 4 is 21.6 Å². The van der Waals surface area contributed by atoms with E-state index in [1.165, 1.54) is 0 Å². The first-order valence-corrected chi connectivity index (χ1v) is 7.98. The zero-order chi connectivity index (χ0) is 14.9. The van der Waals surface area contributed by atoms with Crippen LogP contribution in [0.5, 0.6) is 0 Å². The minimum absolute atomic E-state index is 0.176. The number of benzene rings is 1. The highest BCUT2D eigenvalue weighted by Gasteiger charge is 2.41. The molecule has 3 rings (SSSR count). The molecule has 1 aliphatic carbocycles. The minimum Gasteiger partial charge on any atom is -0.308 e. The number of alkyl halides is 3. The van der Waals surface area contributed by atoms with Gasteiger partial charge in [0.2, 0.25) is 0 Å². The lowest BCUT2D eigenvalue weighted by Crippen LogP contribution is -2.36. The summed E-state index contributed by atoms with van der Waals surface area (Å²) in [6, 6.07) is 8.12. The van der Waals surface area contributed by atoms with Gasteiger partial charge in [-0.2, -0.15) is 13.2 Å². The Bertz CT molecular complexity index is 567. The Balaban J connectivity index is 1.52. The minimum atomic E-state index is -4.03. The highest BCUT2D eigenvalue weighted by Crippen LogP contribution is 2.37. The molecule has 1 heterocycles. The second kappa shape index (κ2) is 5.93. The fraction of sp³-hybridized carbons (Fsp3) is 0.533. The number of halogens is 3. The second-order valence-electron chi connectivity index (χ2n) is 5.55. The fourth-order valence-corrected chi connectivity index (χ4v) is 3.77. The molecule has 0 spiro atoms. The number of para-hydroxylation sites is 1. The van der Waals surface area contributed by atoms with Crippen LogP contribution < -0.4 is 5.32 Å². The van der Waals surface area contributed by atoms with Gasteiger partial charge in [0.05, 0.1) is 16.1 Å². The highest BCUT2D eigenvalue weighted by atomic mass is 32.1. The summed E-state index contributed by atoms with van der Waals surface area (Å²) < 4.78 is 39.0. The van der Waals surface area contributed by atoms with Crippen LogP contribution in [-0.2, 0) is 6.54 Å². The van der Waals surface area contributed by atoms with E-state index in [0.29, 0.717) is 19.4 Å². The van der Waals surface area contributed by atoms with Crippen LogP contribution in [0, 0.1) is 5.92 Å². The summed E-state index contributed by atoms with van der Waals surface area (Å²) in [5.74, 6) is -1.11. The summed E-state index contributed by atoms with van der Waals surface area (Å²) in [6.07, 6.45) is -2.37. The number of thiazole rings is 1. The molecule has 0 unspecified atom stereocenters. The van der Waals surface area contributed by atoms with Crippen LogP contribution >= 0.6 is 11.3 Å². The first kappa shape index (κ1) is 14.8.